The van der Waals surface area contributed by atoms with E-state index in [1.807, 2.05) is 0 Å². The van der Waals surface area contributed by atoms with Crippen LogP contribution in [0, 0.1) is 6.92 Å². The quantitative estimate of drug-likeness (QED) is 0.139. The van der Waals surface area contributed by atoms with E-state index in [9.17, 15) is 49.1 Å². The van der Waals surface area contributed by atoms with E-state index < -0.39 is 72.1 Å². The molecule has 1 heterocycles. The van der Waals surface area contributed by atoms with Crippen LogP contribution in [0.5, 0.6) is 11.5 Å². The molecule has 3 aromatic carbocycles. The molecule has 244 valence electrons. The topological polar surface area (TPSA) is 80.4 Å². The largest absolute Gasteiger partial charge is 0.573 e. The highest BCUT2D eigenvalue weighted by Crippen LogP contribution is 2.40. The molecule has 0 aliphatic carbocycles. The summed E-state index contributed by atoms with van der Waals surface area (Å²) >= 11 is 0. The molecule has 1 amide bonds. The fourth-order valence-electron chi connectivity index (χ4n) is 4.37. The maximum absolute atomic E-state index is 14.2. The molecule has 0 bridgehead atoms. The van der Waals surface area contributed by atoms with E-state index in [1.165, 1.54) is 12.1 Å². The number of anilines is 1. The zero-order chi connectivity index (χ0) is 33.9. The van der Waals surface area contributed by atoms with E-state index in [1.54, 1.807) is 19.1 Å². The number of carbonyl (C=O) groups is 1. The van der Waals surface area contributed by atoms with E-state index >= 15 is 0 Å². The Morgan fingerprint density at radius 1 is 0.804 bits per heavy atom. The Labute approximate surface area is 254 Å². The molecule has 0 saturated heterocycles. The molecule has 0 spiro atoms. The van der Waals surface area contributed by atoms with Gasteiger partial charge < -0.3 is 19.8 Å². The highest BCUT2D eigenvalue weighted by Gasteiger charge is 2.35. The first kappa shape index (κ1) is 33.9. The number of aryl methyl sites for hydroxylation is 1. The first-order chi connectivity index (χ1) is 21.4. The molecule has 15 heteroatoms. The number of hydrogen-bond acceptors (Lipinski definition) is 4. The molecule has 1 aromatic heterocycles. The second-order valence-corrected chi connectivity index (χ2v) is 9.97. The molecular formula is C31H23F9N2O4. The second kappa shape index (κ2) is 13.2. The van der Waals surface area contributed by atoms with E-state index in [-0.39, 0.29) is 28.3 Å². The van der Waals surface area contributed by atoms with E-state index in [4.69, 9.17) is 4.74 Å². The van der Waals surface area contributed by atoms with Gasteiger partial charge in [-0.3, -0.25) is 9.59 Å². The summed E-state index contributed by atoms with van der Waals surface area (Å²) in [6, 6.07) is 14.3. The number of alkyl halides is 9. The Balaban J connectivity index is 1.73. The van der Waals surface area contributed by atoms with Crippen LogP contribution in [0.2, 0.25) is 0 Å². The number of aromatic nitrogens is 1. The van der Waals surface area contributed by atoms with E-state index in [2.05, 4.69) is 15.0 Å². The van der Waals surface area contributed by atoms with Crippen molar-refractivity contribution in [1.29, 1.82) is 0 Å². The van der Waals surface area contributed by atoms with Crippen LogP contribution < -0.4 is 20.3 Å². The molecule has 0 aliphatic rings. The highest BCUT2D eigenvalue weighted by atomic mass is 19.4. The predicted molar refractivity (Wildman–Crippen MR) is 150 cm³/mol. The number of rotatable bonds is 9. The van der Waals surface area contributed by atoms with Crippen molar-refractivity contribution in [3.63, 3.8) is 0 Å². The zero-order valence-electron chi connectivity index (χ0n) is 23.6. The van der Waals surface area contributed by atoms with Gasteiger partial charge in [-0.05, 0) is 67.4 Å². The fraction of sp³-hybridized carbons (Fsp3) is 0.226. The van der Waals surface area contributed by atoms with E-state index in [0.29, 0.717) is 6.07 Å². The SMILES string of the molecule is Cc1ccc(-c2cc(-c3ccc(OCCCC(F)(F)F)cc3C(F)(F)F)[nH]c(=O)c2C(=O)Nc2ccc(OC(F)(F)F)cc2)cc1. The lowest BCUT2D eigenvalue weighted by Crippen LogP contribution is -2.25. The summed E-state index contributed by atoms with van der Waals surface area (Å²) in [5.41, 5.74) is -2.66. The molecule has 2 N–H and O–H groups in total. The highest BCUT2D eigenvalue weighted by molar-refractivity contribution is 6.08. The third kappa shape index (κ3) is 9.05. The Morgan fingerprint density at radius 2 is 1.43 bits per heavy atom. The number of hydrogen-bond donors (Lipinski definition) is 2. The first-order valence-corrected chi connectivity index (χ1v) is 13.3. The van der Waals surface area contributed by atoms with Crippen molar-refractivity contribution in [1.82, 2.24) is 4.98 Å². The van der Waals surface area contributed by atoms with Crippen LogP contribution in [0.1, 0.15) is 34.3 Å². The number of aromatic amines is 1. The van der Waals surface area contributed by atoms with Crippen LogP contribution in [-0.4, -0.2) is 30.0 Å². The molecule has 0 unspecified atom stereocenters. The second-order valence-electron chi connectivity index (χ2n) is 9.97. The standard InChI is InChI=1S/C31H23F9N2O4/c1-17-3-5-18(6-4-17)23-16-25(22-12-11-21(15-24(22)30(35,36)37)45-14-2-13-29(32,33)34)42-28(44)26(23)27(43)41-19-7-9-20(10-8-19)46-31(38,39)40/h3-12,15-16H,2,13-14H2,1H3,(H,41,43)(H,42,44). The van der Waals surface area contributed by atoms with Crippen LogP contribution >= 0.6 is 0 Å². The van der Waals surface area contributed by atoms with Gasteiger partial charge in [0.05, 0.1) is 12.2 Å². The summed E-state index contributed by atoms with van der Waals surface area (Å²) in [5, 5.41) is 2.38. The number of H-pyrrole nitrogens is 1. The van der Waals surface area contributed by atoms with Crippen LogP contribution in [0.15, 0.2) is 77.6 Å². The molecule has 46 heavy (non-hydrogen) atoms. The van der Waals surface area contributed by atoms with Crippen LogP contribution in [0.4, 0.5) is 45.2 Å². The summed E-state index contributed by atoms with van der Waals surface area (Å²) in [7, 11) is 0. The van der Waals surface area contributed by atoms with Gasteiger partial charge in [0.2, 0.25) is 0 Å². The summed E-state index contributed by atoms with van der Waals surface area (Å²) in [6.45, 7) is 1.27. The van der Waals surface area contributed by atoms with Gasteiger partial charge in [-0.1, -0.05) is 29.8 Å². The van der Waals surface area contributed by atoms with E-state index in [0.717, 1.165) is 48.0 Å². The molecule has 4 aromatic rings. The summed E-state index contributed by atoms with van der Waals surface area (Å²) < 4.78 is 126. The van der Waals surface area contributed by atoms with Gasteiger partial charge in [-0.15, -0.1) is 13.2 Å². The van der Waals surface area contributed by atoms with Crippen LogP contribution in [-0.2, 0) is 6.18 Å². The molecule has 4 rings (SSSR count). The number of pyridine rings is 1. The van der Waals surface area contributed by atoms with Crippen molar-refractivity contribution < 1.29 is 53.8 Å². The minimum absolute atomic E-state index is 0.0111. The van der Waals surface area contributed by atoms with Gasteiger partial charge >= 0.3 is 18.7 Å². The van der Waals surface area contributed by atoms with Gasteiger partial charge in [0.25, 0.3) is 11.5 Å². The Morgan fingerprint density at radius 3 is 2.02 bits per heavy atom. The minimum Gasteiger partial charge on any atom is -0.494 e. The van der Waals surface area contributed by atoms with Gasteiger partial charge in [-0.25, -0.2) is 0 Å². The van der Waals surface area contributed by atoms with Crippen molar-refractivity contribution in [2.24, 2.45) is 0 Å². The third-order valence-corrected chi connectivity index (χ3v) is 6.43. The average molecular weight is 659 g/mol. The van der Waals surface area contributed by atoms with Gasteiger partial charge in [0.1, 0.15) is 17.1 Å². The molecule has 6 nitrogen and oxygen atoms in total. The fourth-order valence-corrected chi connectivity index (χ4v) is 4.37. The molecule has 0 radical (unpaired) electrons. The summed E-state index contributed by atoms with van der Waals surface area (Å²) in [4.78, 5) is 28.9. The number of benzene rings is 3. The lowest BCUT2D eigenvalue weighted by molar-refractivity contribution is -0.274. The third-order valence-electron chi connectivity index (χ3n) is 6.43. The first-order valence-electron chi connectivity index (χ1n) is 13.3. The van der Waals surface area contributed by atoms with Crippen molar-refractivity contribution in [2.45, 2.75) is 38.5 Å². The van der Waals surface area contributed by atoms with Crippen molar-refractivity contribution in [3.05, 3.63) is 99.8 Å². The number of ether oxygens (including phenoxy) is 2. The Bertz CT molecular complexity index is 1740. The summed E-state index contributed by atoms with van der Waals surface area (Å²) in [5.74, 6) is -1.92. The lowest BCUT2D eigenvalue weighted by atomic mass is 9.95. The van der Waals surface area contributed by atoms with Crippen molar-refractivity contribution >= 4 is 11.6 Å². The zero-order valence-corrected chi connectivity index (χ0v) is 23.6. The Hall–Kier alpha value is -4.95. The number of halogens is 9. The molecule has 0 aliphatic heterocycles. The summed E-state index contributed by atoms with van der Waals surface area (Å²) in [6.07, 6.45) is -16.0. The molecule has 0 fully saturated rings. The van der Waals surface area contributed by atoms with Gasteiger partial charge in [0.15, 0.2) is 0 Å². The van der Waals surface area contributed by atoms with Crippen LogP contribution in [0.25, 0.3) is 22.4 Å². The van der Waals surface area contributed by atoms with Crippen molar-refractivity contribution in [3.8, 4) is 33.9 Å². The predicted octanol–water partition coefficient (Wildman–Crippen LogP) is 8.91. The van der Waals surface area contributed by atoms with Crippen LogP contribution in [0.3, 0.4) is 0 Å². The number of carbonyl (C=O) groups excluding carboxylic acids is 1. The van der Waals surface area contributed by atoms with Gasteiger partial charge in [-0.2, -0.15) is 26.3 Å². The van der Waals surface area contributed by atoms with Crippen molar-refractivity contribution in [2.75, 3.05) is 11.9 Å². The minimum atomic E-state index is -4.99. The number of amides is 1. The average Bonchev–Trinajstić information content (AvgIpc) is 2.94. The molecule has 0 saturated carbocycles. The maximum atomic E-state index is 14.2. The monoisotopic (exact) mass is 658 g/mol. The molecular weight excluding hydrogens is 635 g/mol. The normalized spacial score (nSPS) is 12.1. The lowest BCUT2D eigenvalue weighted by Gasteiger charge is -2.17. The smallest absolute Gasteiger partial charge is 0.494 e. The maximum Gasteiger partial charge on any atom is 0.573 e. The number of nitrogens with one attached hydrogen (secondary N) is 2. The molecule has 0 atom stereocenters. The van der Waals surface area contributed by atoms with Gasteiger partial charge in [0, 0.05) is 28.9 Å². The Kier molecular flexibility index (Phi) is 9.73.